The summed E-state index contributed by atoms with van der Waals surface area (Å²) in [6.07, 6.45) is -16.8. The molecule has 0 bridgehead atoms. The lowest BCUT2D eigenvalue weighted by Gasteiger charge is -2.39. The topological polar surface area (TPSA) is 279 Å². The molecule has 2 aromatic carbocycles. The Kier molecular flexibility index (Phi) is 9.38. The molecule has 0 aliphatic carbocycles. The first-order valence-corrected chi connectivity index (χ1v) is 13.6. The van der Waals surface area contributed by atoms with Crippen LogP contribution in [-0.4, -0.2) is 133 Å². The van der Waals surface area contributed by atoms with E-state index >= 15 is 0 Å². The second-order valence-electron chi connectivity index (χ2n) is 10.4. The normalized spacial score (nSPS) is 31.9. The molecule has 246 valence electrons. The van der Waals surface area contributed by atoms with Gasteiger partial charge in [0, 0.05) is 17.7 Å². The zero-order valence-corrected chi connectivity index (χ0v) is 23.4. The summed E-state index contributed by atoms with van der Waals surface area (Å²) in [5.74, 6) is -2.42. The highest BCUT2D eigenvalue weighted by Crippen LogP contribution is 2.40. The van der Waals surface area contributed by atoms with Gasteiger partial charge in [-0.25, -0.2) is 0 Å². The molecule has 0 spiro atoms. The van der Waals surface area contributed by atoms with Gasteiger partial charge in [-0.05, 0) is 18.2 Å². The van der Waals surface area contributed by atoms with E-state index in [1.807, 2.05) is 0 Å². The van der Waals surface area contributed by atoms with Crippen molar-refractivity contribution in [1.29, 1.82) is 0 Å². The number of aliphatic hydroxyl groups excluding tert-OH is 8. The van der Waals surface area contributed by atoms with E-state index in [2.05, 4.69) is 0 Å². The molecule has 3 heterocycles. The Bertz CT molecular complexity index is 1570. The van der Waals surface area contributed by atoms with Crippen LogP contribution in [0.1, 0.15) is 0 Å². The summed E-state index contributed by atoms with van der Waals surface area (Å²) in [6.45, 7) is -1.50. The summed E-state index contributed by atoms with van der Waals surface area (Å²) in [6, 6.07) is 5.89. The molecule has 0 unspecified atom stereocenters. The van der Waals surface area contributed by atoms with Crippen molar-refractivity contribution in [3.63, 3.8) is 0 Å². The fourth-order valence-corrected chi connectivity index (χ4v) is 5.00. The molecule has 1 aromatic heterocycles. The van der Waals surface area contributed by atoms with Crippen LogP contribution in [0.4, 0.5) is 0 Å². The molecule has 17 heteroatoms. The molecule has 2 saturated heterocycles. The minimum Gasteiger partial charge on any atom is -0.507 e. The van der Waals surface area contributed by atoms with E-state index in [0.29, 0.717) is 0 Å². The van der Waals surface area contributed by atoms with Crippen molar-refractivity contribution in [2.24, 2.45) is 0 Å². The number of aliphatic hydroxyl groups is 8. The molecule has 0 saturated carbocycles. The Morgan fingerprint density at radius 1 is 0.733 bits per heavy atom. The largest absolute Gasteiger partial charge is 0.507 e. The van der Waals surface area contributed by atoms with Crippen LogP contribution in [0.3, 0.4) is 0 Å². The van der Waals surface area contributed by atoms with E-state index in [1.54, 1.807) is 0 Å². The fraction of sp³-hybridized carbons (Fsp3) is 0.464. The van der Waals surface area contributed by atoms with E-state index in [9.17, 15) is 55.9 Å². The van der Waals surface area contributed by atoms with Gasteiger partial charge in [0.2, 0.25) is 23.8 Å². The second-order valence-corrected chi connectivity index (χ2v) is 10.4. The van der Waals surface area contributed by atoms with Crippen LogP contribution in [0, 0.1) is 0 Å². The summed E-state index contributed by atoms with van der Waals surface area (Å²) < 4.78 is 32.9. The first-order chi connectivity index (χ1) is 21.4. The summed E-state index contributed by atoms with van der Waals surface area (Å²) >= 11 is 0. The average Bonchev–Trinajstić information content (AvgIpc) is 3.02. The standard InChI is InChI=1S/C28H32O17/c1-40-10-5-12(32)17-14(6-10)41-25(26(20(17)35)45-28-24(39)22(37)19(34)16(8-30)44-28)9-2-3-13(11(31)4-9)42-27-23(38)21(36)18(33)15(7-29)43-27/h2-6,15-16,18-19,21-24,27-34,36-39H,7-8H2,1H3/t15-,16+,18-,19+,21+,22-,23-,24-,27-,28+/m1/s1. The van der Waals surface area contributed by atoms with Crippen LogP contribution in [0.25, 0.3) is 22.3 Å². The van der Waals surface area contributed by atoms with Crippen molar-refractivity contribution in [3.8, 4) is 40.1 Å². The first-order valence-electron chi connectivity index (χ1n) is 13.6. The third-order valence-corrected chi connectivity index (χ3v) is 7.54. The summed E-state index contributed by atoms with van der Waals surface area (Å²) in [4.78, 5) is 13.7. The van der Waals surface area contributed by atoms with Crippen LogP contribution < -0.4 is 19.6 Å². The predicted octanol–water partition coefficient (Wildman–Crippen LogP) is -2.76. The Labute approximate surface area is 252 Å². The van der Waals surface area contributed by atoms with Crippen molar-refractivity contribution >= 4 is 11.0 Å². The van der Waals surface area contributed by atoms with Crippen molar-refractivity contribution in [3.05, 3.63) is 40.6 Å². The molecule has 2 fully saturated rings. The molecular formula is C28H32O17. The number of benzene rings is 2. The lowest BCUT2D eigenvalue weighted by Crippen LogP contribution is -2.60. The van der Waals surface area contributed by atoms with Gasteiger partial charge in [-0.2, -0.15) is 0 Å². The van der Waals surface area contributed by atoms with Gasteiger partial charge in [0.1, 0.15) is 71.3 Å². The van der Waals surface area contributed by atoms with Crippen LogP contribution >= 0.6 is 0 Å². The number of phenols is 2. The maximum Gasteiger partial charge on any atom is 0.239 e. The second kappa shape index (κ2) is 12.9. The molecule has 10 N–H and O–H groups in total. The van der Waals surface area contributed by atoms with Crippen molar-refractivity contribution in [2.45, 2.75) is 61.4 Å². The monoisotopic (exact) mass is 640 g/mol. The molecule has 45 heavy (non-hydrogen) atoms. The summed E-state index contributed by atoms with van der Waals surface area (Å²) in [5, 5.41) is 101. The van der Waals surface area contributed by atoms with Crippen LogP contribution in [-0.2, 0) is 9.47 Å². The van der Waals surface area contributed by atoms with E-state index < -0.39 is 97.3 Å². The van der Waals surface area contributed by atoms with E-state index in [1.165, 1.54) is 19.2 Å². The molecule has 0 amide bonds. The van der Waals surface area contributed by atoms with Gasteiger partial charge in [0.25, 0.3) is 0 Å². The molecule has 0 radical (unpaired) electrons. The fourth-order valence-electron chi connectivity index (χ4n) is 5.00. The molecule has 5 rings (SSSR count). The van der Waals surface area contributed by atoms with Crippen molar-refractivity contribution < 1.29 is 79.2 Å². The third kappa shape index (κ3) is 5.98. The summed E-state index contributed by atoms with van der Waals surface area (Å²) in [7, 11) is 1.31. The highest BCUT2D eigenvalue weighted by Gasteiger charge is 2.46. The highest BCUT2D eigenvalue weighted by atomic mass is 16.7. The quantitative estimate of drug-likeness (QED) is 0.119. The van der Waals surface area contributed by atoms with Crippen LogP contribution in [0.15, 0.2) is 39.5 Å². The van der Waals surface area contributed by atoms with E-state index in [0.717, 1.165) is 18.2 Å². The van der Waals surface area contributed by atoms with Gasteiger partial charge in [0.15, 0.2) is 17.3 Å². The number of rotatable bonds is 8. The zero-order chi connectivity index (χ0) is 32.7. The number of aromatic hydroxyl groups is 2. The molecular weight excluding hydrogens is 608 g/mol. The lowest BCUT2D eigenvalue weighted by molar-refractivity contribution is -0.277. The Morgan fingerprint density at radius 3 is 1.84 bits per heavy atom. The minimum atomic E-state index is -1.92. The number of fused-ring (bicyclic) bond motifs is 1. The van der Waals surface area contributed by atoms with Gasteiger partial charge in [-0.3, -0.25) is 4.79 Å². The molecule has 2 aliphatic rings. The van der Waals surface area contributed by atoms with Gasteiger partial charge < -0.3 is 79.2 Å². The molecule has 10 atom stereocenters. The zero-order valence-electron chi connectivity index (χ0n) is 23.4. The highest BCUT2D eigenvalue weighted by molar-refractivity contribution is 5.88. The maximum atomic E-state index is 13.7. The Morgan fingerprint density at radius 2 is 1.31 bits per heavy atom. The Hall–Kier alpha value is -3.75. The van der Waals surface area contributed by atoms with Gasteiger partial charge >= 0.3 is 0 Å². The lowest BCUT2D eigenvalue weighted by atomic mass is 9.99. The SMILES string of the molecule is COc1cc(O)c2c(=O)c(O[C@@H]3O[C@@H](CO)[C@H](O)[C@@H](O)[C@H]3O)c(-c3ccc(O[C@@H]4O[C@H](CO)[C@@H](O)[C@H](O)[C@H]4O)c(O)c3)oc2c1. The maximum absolute atomic E-state index is 13.7. The number of phenolic OH excluding ortho intramolecular Hbond substituents is 2. The van der Waals surface area contributed by atoms with Crippen LogP contribution in [0.2, 0.25) is 0 Å². The minimum absolute atomic E-state index is 0.0467. The Balaban J connectivity index is 1.56. The van der Waals surface area contributed by atoms with E-state index in [4.69, 9.17) is 28.1 Å². The van der Waals surface area contributed by atoms with Crippen LogP contribution in [0.5, 0.6) is 28.7 Å². The molecule has 17 nitrogen and oxygen atoms in total. The first kappa shape index (κ1) is 32.6. The van der Waals surface area contributed by atoms with Gasteiger partial charge in [-0.15, -0.1) is 0 Å². The van der Waals surface area contributed by atoms with Crippen molar-refractivity contribution in [1.82, 2.24) is 0 Å². The third-order valence-electron chi connectivity index (χ3n) is 7.54. The average molecular weight is 641 g/mol. The number of hydrogen-bond acceptors (Lipinski definition) is 17. The smallest absolute Gasteiger partial charge is 0.239 e. The van der Waals surface area contributed by atoms with Gasteiger partial charge in [-0.1, -0.05) is 0 Å². The molecule has 3 aromatic rings. The number of hydrogen-bond donors (Lipinski definition) is 10. The molecule has 2 aliphatic heterocycles. The summed E-state index contributed by atoms with van der Waals surface area (Å²) in [5.41, 5.74) is -1.21. The van der Waals surface area contributed by atoms with E-state index in [-0.39, 0.29) is 33.8 Å². The number of ether oxygens (including phenoxy) is 5. The predicted molar refractivity (Wildman–Crippen MR) is 147 cm³/mol. The van der Waals surface area contributed by atoms with Gasteiger partial charge in [0.05, 0.1) is 20.3 Å². The number of methoxy groups -OCH3 is 1. The van der Waals surface area contributed by atoms with Crippen molar-refractivity contribution in [2.75, 3.05) is 20.3 Å².